The number of benzene rings is 2. The average Bonchev–Trinajstić information content (AvgIpc) is 2.31. The first kappa shape index (κ1) is 15.6. The number of anilines is 2. The quantitative estimate of drug-likeness (QED) is 0.802. The van der Waals surface area contributed by atoms with Gasteiger partial charge < -0.3 is 5.73 Å². The summed E-state index contributed by atoms with van der Waals surface area (Å²) in [5.41, 5.74) is 5.23. The number of nitrogen functional groups attached to an aromatic ring is 1. The number of hydrogen-bond acceptors (Lipinski definition) is 3. The Kier molecular flexibility index (Phi) is 4.15. The zero-order valence-corrected chi connectivity index (χ0v) is 12.6. The summed E-state index contributed by atoms with van der Waals surface area (Å²) in [7, 11) is -4.42. The van der Waals surface area contributed by atoms with E-state index in [2.05, 4.69) is 15.9 Å². The van der Waals surface area contributed by atoms with E-state index < -0.39 is 32.4 Å². The van der Waals surface area contributed by atoms with E-state index in [9.17, 15) is 21.6 Å². The fourth-order valence-corrected chi connectivity index (χ4v) is 3.85. The van der Waals surface area contributed by atoms with Crippen LogP contribution in [0.25, 0.3) is 0 Å². The zero-order valence-electron chi connectivity index (χ0n) is 10.2. The molecule has 112 valence electrons. The molecule has 2 aromatic carbocycles. The van der Waals surface area contributed by atoms with Gasteiger partial charge in [-0.2, -0.15) is 0 Å². The number of sulfonamides is 1. The molecule has 0 bridgehead atoms. The van der Waals surface area contributed by atoms with Crippen molar-refractivity contribution in [3.05, 3.63) is 52.3 Å². The van der Waals surface area contributed by atoms with Crippen LogP contribution in [0, 0.1) is 17.5 Å². The van der Waals surface area contributed by atoms with Crippen molar-refractivity contribution in [2.24, 2.45) is 0 Å². The number of nitrogens with two attached hydrogens (primary N) is 1. The Labute approximate surface area is 127 Å². The average molecular weight is 381 g/mol. The van der Waals surface area contributed by atoms with E-state index in [0.717, 1.165) is 24.3 Å². The minimum Gasteiger partial charge on any atom is -0.397 e. The molecule has 0 radical (unpaired) electrons. The molecule has 0 aromatic heterocycles. The summed E-state index contributed by atoms with van der Waals surface area (Å²) in [6.07, 6.45) is 0. The standard InChI is InChI=1S/C12H8BrF3N2O2S/c13-8-3-7(15)4-9(16)12(8)21(19,20)18-11-5-6(14)1-2-10(11)17/h1-5,18H,17H2. The minimum absolute atomic E-state index is 0.0429. The van der Waals surface area contributed by atoms with Gasteiger partial charge in [0.15, 0.2) is 0 Å². The number of halogens is 4. The maximum atomic E-state index is 13.7. The van der Waals surface area contributed by atoms with E-state index in [1.54, 1.807) is 0 Å². The summed E-state index contributed by atoms with van der Waals surface area (Å²) >= 11 is 2.78. The van der Waals surface area contributed by atoms with Crippen molar-refractivity contribution < 1.29 is 21.6 Å². The predicted molar refractivity (Wildman–Crippen MR) is 75.7 cm³/mol. The molecular weight excluding hydrogens is 373 g/mol. The van der Waals surface area contributed by atoms with Gasteiger partial charge >= 0.3 is 0 Å². The van der Waals surface area contributed by atoms with E-state index >= 15 is 0 Å². The van der Waals surface area contributed by atoms with Gasteiger partial charge in [0.05, 0.1) is 11.4 Å². The first-order valence-electron chi connectivity index (χ1n) is 5.43. The van der Waals surface area contributed by atoms with Crippen molar-refractivity contribution in [1.82, 2.24) is 0 Å². The maximum Gasteiger partial charge on any atom is 0.266 e. The van der Waals surface area contributed by atoms with Gasteiger partial charge in [0.1, 0.15) is 22.3 Å². The Hall–Kier alpha value is -1.74. The van der Waals surface area contributed by atoms with Gasteiger partial charge in [-0.05, 0) is 34.1 Å². The highest BCUT2D eigenvalue weighted by molar-refractivity contribution is 9.10. The van der Waals surface area contributed by atoms with E-state index in [4.69, 9.17) is 5.73 Å². The SMILES string of the molecule is Nc1ccc(F)cc1NS(=O)(=O)c1c(F)cc(F)cc1Br. The normalized spacial score (nSPS) is 11.4. The Morgan fingerprint density at radius 1 is 1.05 bits per heavy atom. The molecule has 0 aliphatic rings. The molecule has 0 amide bonds. The van der Waals surface area contributed by atoms with E-state index in [-0.39, 0.29) is 15.8 Å². The zero-order chi connectivity index (χ0) is 15.8. The van der Waals surface area contributed by atoms with Crippen molar-refractivity contribution in [3.8, 4) is 0 Å². The summed E-state index contributed by atoms with van der Waals surface area (Å²) in [6, 6.07) is 4.27. The van der Waals surface area contributed by atoms with Crippen molar-refractivity contribution in [3.63, 3.8) is 0 Å². The Balaban J connectivity index is 2.51. The molecule has 0 heterocycles. The van der Waals surface area contributed by atoms with Crippen LogP contribution in [-0.2, 0) is 10.0 Å². The molecule has 2 rings (SSSR count). The highest BCUT2D eigenvalue weighted by atomic mass is 79.9. The smallest absolute Gasteiger partial charge is 0.266 e. The maximum absolute atomic E-state index is 13.7. The van der Waals surface area contributed by atoms with Crippen molar-refractivity contribution in [2.45, 2.75) is 4.90 Å². The number of nitrogens with one attached hydrogen (secondary N) is 1. The highest BCUT2D eigenvalue weighted by Crippen LogP contribution is 2.29. The third-order valence-corrected chi connectivity index (χ3v) is 4.82. The molecule has 4 nitrogen and oxygen atoms in total. The first-order valence-corrected chi connectivity index (χ1v) is 7.71. The van der Waals surface area contributed by atoms with Crippen LogP contribution >= 0.6 is 15.9 Å². The summed E-state index contributed by atoms with van der Waals surface area (Å²) in [5, 5.41) is 0. The van der Waals surface area contributed by atoms with E-state index in [1.807, 2.05) is 4.72 Å². The molecule has 0 fully saturated rings. The Morgan fingerprint density at radius 3 is 2.33 bits per heavy atom. The molecule has 21 heavy (non-hydrogen) atoms. The second-order valence-corrected chi connectivity index (χ2v) is 6.51. The fourth-order valence-electron chi connectivity index (χ4n) is 1.60. The molecule has 0 aliphatic carbocycles. The molecule has 0 aliphatic heterocycles. The van der Waals surface area contributed by atoms with Crippen LogP contribution in [0.4, 0.5) is 24.5 Å². The van der Waals surface area contributed by atoms with Gasteiger partial charge in [0.25, 0.3) is 10.0 Å². The molecule has 3 N–H and O–H groups in total. The Bertz CT molecular complexity index is 789. The van der Waals surface area contributed by atoms with Crippen molar-refractivity contribution in [2.75, 3.05) is 10.5 Å². The van der Waals surface area contributed by atoms with E-state index in [0.29, 0.717) is 6.07 Å². The predicted octanol–water partition coefficient (Wildman–Crippen LogP) is 3.25. The Morgan fingerprint density at radius 2 is 1.71 bits per heavy atom. The van der Waals surface area contributed by atoms with Gasteiger partial charge in [0.2, 0.25) is 0 Å². The minimum atomic E-state index is -4.42. The molecular formula is C12H8BrF3N2O2S. The van der Waals surface area contributed by atoms with Gasteiger partial charge in [-0.25, -0.2) is 21.6 Å². The van der Waals surface area contributed by atoms with Crippen LogP contribution in [0.5, 0.6) is 0 Å². The van der Waals surface area contributed by atoms with Crippen molar-refractivity contribution in [1.29, 1.82) is 0 Å². The summed E-state index contributed by atoms with van der Waals surface area (Å²) in [5.74, 6) is -2.95. The van der Waals surface area contributed by atoms with Gasteiger partial charge in [-0.3, -0.25) is 4.72 Å². The molecule has 9 heteroatoms. The topological polar surface area (TPSA) is 72.2 Å². The molecule has 0 unspecified atom stereocenters. The lowest BCUT2D eigenvalue weighted by Gasteiger charge is -2.12. The van der Waals surface area contributed by atoms with Gasteiger partial charge in [-0.15, -0.1) is 0 Å². The van der Waals surface area contributed by atoms with Crippen LogP contribution in [0.2, 0.25) is 0 Å². The van der Waals surface area contributed by atoms with E-state index in [1.165, 1.54) is 0 Å². The lowest BCUT2D eigenvalue weighted by Crippen LogP contribution is -2.16. The molecule has 0 spiro atoms. The van der Waals surface area contributed by atoms with Crippen LogP contribution in [-0.4, -0.2) is 8.42 Å². The second kappa shape index (κ2) is 5.57. The molecule has 0 saturated carbocycles. The number of hydrogen-bond donors (Lipinski definition) is 2. The molecule has 0 atom stereocenters. The number of rotatable bonds is 3. The van der Waals surface area contributed by atoms with Crippen molar-refractivity contribution >= 4 is 37.3 Å². The van der Waals surface area contributed by atoms with Crippen LogP contribution < -0.4 is 10.5 Å². The third kappa shape index (κ3) is 3.30. The summed E-state index contributed by atoms with van der Waals surface area (Å²) < 4.78 is 65.7. The van der Waals surface area contributed by atoms with Crippen LogP contribution in [0.1, 0.15) is 0 Å². The van der Waals surface area contributed by atoms with Gasteiger partial charge in [0, 0.05) is 16.6 Å². The highest BCUT2D eigenvalue weighted by Gasteiger charge is 2.24. The summed E-state index contributed by atoms with van der Waals surface area (Å²) in [6.45, 7) is 0. The van der Waals surface area contributed by atoms with Crippen LogP contribution in [0.3, 0.4) is 0 Å². The molecule has 0 saturated heterocycles. The third-order valence-electron chi connectivity index (χ3n) is 2.49. The summed E-state index contributed by atoms with van der Waals surface area (Å²) in [4.78, 5) is -0.799. The largest absolute Gasteiger partial charge is 0.397 e. The monoisotopic (exact) mass is 380 g/mol. The van der Waals surface area contributed by atoms with Gasteiger partial charge in [-0.1, -0.05) is 0 Å². The molecule has 2 aromatic rings. The fraction of sp³-hybridized carbons (Fsp3) is 0. The second-order valence-electron chi connectivity index (χ2n) is 4.04. The first-order chi connectivity index (χ1) is 9.70. The lowest BCUT2D eigenvalue weighted by molar-refractivity contribution is 0.548. The lowest BCUT2D eigenvalue weighted by atomic mass is 10.3. The van der Waals surface area contributed by atoms with Crippen LogP contribution in [0.15, 0.2) is 39.7 Å².